The topological polar surface area (TPSA) is 55.7 Å². The van der Waals surface area contributed by atoms with Crippen LogP contribution >= 0.6 is 7.14 Å². The molecule has 354 valence electrons. The van der Waals surface area contributed by atoms with Crippen LogP contribution in [0.3, 0.4) is 0 Å². The van der Waals surface area contributed by atoms with Crippen LogP contribution in [0.25, 0.3) is 88.7 Å². The van der Waals surface area contributed by atoms with Crippen molar-refractivity contribution in [1.29, 1.82) is 0 Å². The van der Waals surface area contributed by atoms with E-state index in [9.17, 15) is 0 Å². The highest BCUT2D eigenvalue weighted by Gasteiger charge is 2.37. The zero-order valence-electron chi connectivity index (χ0n) is 41.0. The second-order valence-corrected chi connectivity index (χ2v) is 22.4. The SMILES string of the molecule is O=P(c1ccccc1)(c1ccccc1)c1c2ccccc2c(-c2ccc(C3(c4ccc(-c5nc(-c6cccc(-c7ccccc7)c6)nc(-c6cccc7ccccc67)n5)cc4)CCCCC3)cc2)c2ccccc12. The van der Waals surface area contributed by atoms with Gasteiger partial charge in [0.1, 0.15) is 0 Å². The fourth-order valence-corrected chi connectivity index (χ4v) is 14.9. The van der Waals surface area contributed by atoms with Gasteiger partial charge < -0.3 is 4.57 Å². The summed E-state index contributed by atoms with van der Waals surface area (Å²) in [6, 6.07) is 89.5. The zero-order chi connectivity index (χ0) is 49.5. The highest BCUT2D eigenvalue weighted by Crippen LogP contribution is 2.50. The second kappa shape index (κ2) is 19.1. The Morgan fingerprint density at radius 3 is 1.39 bits per heavy atom. The number of hydrogen-bond acceptors (Lipinski definition) is 4. The molecule has 0 radical (unpaired) electrons. The summed E-state index contributed by atoms with van der Waals surface area (Å²) in [7, 11) is -3.34. The molecule has 0 atom stereocenters. The van der Waals surface area contributed by atoms with Gasteiger partial charge in [0.05, 0.1) is 0 Å². The summed E-state index contributed by atoms with van der Waals surface area (Å²) in [4.78, 5) is 15.7. The van der Waals surface area contributed by atoms with Crippen molar-refractivity contribution in [2.45, 2.75) is 37.5 Å². The number of aromatic nitrogens is 3. The van der Waals surface area contributed by atoms with Gasteiger partial charge in [-0.3, -0.25) is 0 Å². The molecule has 0 spiro atoms. The Morgan fingerprint density at radius 2 is 0.784 bits per heavy atom. The van der Waals surface area contributed by atoms with E-state index in [4.69, 9.17) is 15.0 Å². The van der Waals surface area contributed by atoms with E-state index in [-0.39, 0.29) is 5.41 Å². The van der Waals surface area contributed by atoms with Gasteiger partial charge in [0.25, 0.3) is 0 Å². The van der Waals surface area contributed by atoms with Gasteiger partial charge in [-0.15, -0.1) is 0 Å². The van der Waals surface area contributed by atoms with Crippen molar-refractivity contribution in [3.63, 3.8) is 0 Å². The minimum atomic E-state index is -3.34. The van der Waals surface area contributed by atoms with Crippen LogP contribution in [-0.2, 0) is 9.98 Å². The first kappa shape index (κ1) is 45.3. The van der Waals surface area contributed by atoms with Gasteiger partial charge in [-0.1, -0.05) is 268 Å². The van der Waals surface area contributed by atoms with Gasteiger partial charge >= 0.3 is 0 Å². The standard InChI is InChI=1S/C69H52N3OP/c73-74(56-27-7-2-8-28-56,57-29-9-3-10-30-57)65-61-34-15-13-32-59(61)64(60-33-14-16-35-62(60)65)50-37-41-54(42-38-50)69(45-17-4-18-46-69)55-43-39-51(40-44-55)66-70-67(53-26-19-25-52(47-53)48-21-5-1-6-22-48)72-68(71-66)63-36-20-24-49-23-11-12-31-58(49)63/h1-3,5-16,19-44,47H,4,17-18,45-46H2. The molecule has 1 aromatic heterocycles. The lowest BCUT2D eigenvalue weighted by molar-refractivity contribution is 0.346. The van der Waals surface area contributed by atoms with Crippen molar-refractivity contribution in [2.75, 3.05) is 0 Å². The van der Waals surface area contributed by atoms with Gasteiger partial charge in [-0.25, -0.2) is 15.0 Å². The van der Waals surface area contributed by atoms with Gasteiger partial charge in [-0.05, 0) is 84.6 Å². The molecule has 74 heavy (non-hydrogen) atoms. The van der Waals surface area contributed by atoms with E-state index in [0.29, 0.717) is 17.5 Å². The first-order chi connectivity index (χ1) is 36.5. The van der Waals surface area contributed by atoms with Gasteiger partial charge in [0, 0.05) is 38.0 Å². The quantitative estimate of drug-likeness (QED) is 0.101. The molecular weight excluding hydrogens is 918 g/mol. The highest BCUT2D eigenvalue weighted by atomic mass is 31.2. The van der Waals surface area contributed by atoms with Crippen LogP contribution in [0.2, 0.25) is 0 Å². The molecule has 0 N–H and O–H groups in total. The molecule has 0 bridgehead atoms. The molecule has 1 fully saturated rings. The number of hydrogen-bond donors (Lipinski definition) is 0. The Kier molecular flexibility index (Phi) is 11.7. The van der Waals surface area contributed by atoms with Gasteiger partial charge in [0.15, 0.2) is 24.6 Å². The lowest BCUT2D eigenvalue weighted by Gasteiger charge is -2.39. The monoisotopic (exact) mass is 969 g/mol. The number of benzene rings is 11. The molecule has 12 aromatic rings. The fraction of sp³-hybridized carbons (Fsp3) is 0.0870. The molecule has 1 saturated carbocycles. The smallest absolute Gasteiger partial charge is 0.172 e. The minimum absolute atomic E-state index is 0.155. The van der Waals surface area contributed by atoms with E-state index in [2.05, 4.69) is 188 Å². The maximum atomic E-state index is 16.2. The molecule has 0 aliphatic heterocycles. The zero-order valence-corrected chi connectivity index (χ0v) is 41.9. The van der Waals surface area contributed by atoms with Crippen LogP contribution in [0.15, 0.2) is 255 Å². The molecule has 0 unspecified atom stereocenters. The maximum Gasteiger partial charge on any atom is 0.172 e. The van der Waals surface area contributed by atoms with Gasteiger partial charge in [-0.2, -0.15) is 0 Å². The van der Waals surface area contributed by atoms with Crippen LogP contribution in [0.1, 0.15) is 43.2 Å². The predicted octanol–water partition coefficient (Wildman–Crippen LogP) is 16.6. The summed E-state index contributed by atoms with van der Waals surface area (Å²) < 4.78 is 16.2. The second-order valence-electron chi connectivity index (χ2n) is 19.7. The Balaban J connectivity index is 0.904. The molecule has 4 nitrogen and oxygen atoms in total. The third-order valence-corrected chi connectivity index (χ3v) is 18.6. The van der Waals surface area contributed by atoms with Crippen LogP contribution in [0, 0.1) is 0 Å². The van der Waals surface area contributed by atoms with E-state index in [0.717, 1.165) is 113 Å². The summed E-state index contributed by atoms with van der Waals surface area (Å²) in [5.74, 6) is 1.93. The molecule has 1 heterocycles. The average molecular weight is 970 g/mol. The van der Waals surface area contributed by atoms with E-state index in [1.807, 2.05) is 66.7 Å². The van der Waals surface area contributed by atoms with Crippen LogP contribution < -0.4 is 15.9 Å². The maximum absolute atomic E-state index is 16.2. The number of fused-ring (bicyclic) bond motifs is 3. The largest absolute Gasteiger partial charge is 0.309 e. The van der Waals surface area contributed by atoms with Crippen molar-refractivity contribution in [3.8, 4) is 56.4 Å². The van der Waals surface area contributed by atoms with Gasteiger partial charge in [0.2, 0.25) is 0 Å². The summed E-state index contributed by atoms with van der Waals surface area (Å²) >= 11 is 0. The highest BCUT2D eigenvalue weighted by molar-refractivity contribution is 7.86. The molecule has 0 amide bonds. The summed E-state index contributed by atoms with van der Waals surface area (Å²) in [6.45, 7) is 0. The molecule has 11 aromatic carbocycles. The van der Waals surface area contributed by atoms with Crippen LogP contribution in [0.5, 0.6) is 0 Å². The molecular formula is C69H52N3OP. The van der Waals surface area contributed by atoms with E-state index in [1.54, 1.807) is 0 Å². The van der Waals surface area contributed by atoms with Crippen molar-refractivity contribution in [1.82, 2.24) is 15.0 Å². The van der Waals surface area contributed by atoms with E-state index < -0.39 is 7.14 Å². The van der Waals surface area contributed by atoms with Crippen molar-refractivity contribution in [2.24, 2.45) is 0 Å². The molecule has 1 aliphatic carbocycles. The predicted molar refractivity (Wildman–Crippen MR) is 309 cm³/mol. The summed E-state index contributed by atoms with van der Waals surface area (Å²) in [6.07, 6.45) is 5.69. The lowest BCUT2D eigenvalue weighted by Crippen LogP contribution is -2.30. The third-order valence-electron chi connectivity index (χ3n) is 15.5. The fourth-order valence-electron chi connectivity index (χ4n) is 11.9. The number of rotatable bonds is 10. The third kappa shape index (κ3) is 7.95. The Labute approximate surface area is 432 Å². The Bertz CT molecular complexity index is 3950. The summed E-state index contributed by atoms with van der Waals surface area (Å²) in [5.41, 5.74) is 9.91. The van der Waals surface area contributed by atoms with Crippen molar-refractivity contribution in [3.05, 3.63) is 266 Å². The van der Waals surface area contributed by atoms with Crippen molar-refractivity contribution >= 4 is 55.4 Å². The normalized spacial score (nSPS) is 13.6. The molecule has 13 rings (SSSR count). The van der Waals surface area contributed by atoms with E-state index in [1.165, 1.54) is 17.5 Å². The van der Waals surface area contributed by atoms with Crippen LogP contribution in [0.4, 0.5) is 0 Å². The molecule has 5 heteroatoms. The van der Waals surface area contributed by atoms with Crippen LogP contribution in [-0.4, -0.2) is 15.0 Å². The van der Waals surface area contributed by atoms with E-state index >= 15 is 4.57 Å². The molecule has 1 aliphatic rings. The average Bonchev–Trinajstić information content (AvgIpc) is 3.51. The first-order valence-corrected chi connectivity index (χ1v) is 27.5. The minimum Gasteiger partial charge on any atom is -0.309 e. The Hall–Kier alpha value is -8.56. The lowest BCUT2D eigenvalue weighted by atomic mass is 9.65. The molecule has 0 saturated heterocycles. The Morgan fingerprint density at radius 1 is 0.338 bits per heavy atom. The van der Waals surface area contributed by atoms with Crippen molar-refractivity contribution < 1.29 is 4.57 Å². The number of nitrogens with zero attached hydrogens (tertiary/aromatic N) is 3. The first-order valence-electron chi connectivity index (χ1n) is 25.8. The summed E-state index contributed by atoms with van der Waals surface area (Å²) in [5, 5.41) is 9.02.